The van der Waals surface area contributed by atoms with Gasteiger partial charge in [-0.15, -0.1) is 6.58 Å². The van der Waals surface area contributed by atoms with Crippen LogP contribution < -0.4 is 14.8 Å². The lowest BCUT2D eigenvalue weighted by atomic mass is 10.2. The van der Waals surface area contributed by atoms with E-state index in [0.717, 1.165) is 5.56 Å². The third-order valence-electron chi connectivity index (χ3n) is 4.17. The van der Waals surface area contributed by atoms with E-state index in [4.69, 9.17) is 21.7 Å². The van der Waals surface area contributed by atoms with Crippen molar-refractivity contribution in [3.8, 4) is 11.5 Å². The molecule has 31 heavy (non-hydrogen) atoms. The predicted octanol–water partition coefficient (Wildman–Crippen LogP) is 4.49. The van der Waals surface area contributed by atoms with Crippen molar-refractivity contribution >= 4 is 51.9 Å². The number of nitrogens with one attached hydrogen (secondary N) is 1. The topological polar surface area (TPSA) is 67.9 Å². The summed E-state index contributed by atoms with van der Waals surface area (Å²) in [5.41, 5.74) is 1.47. The lowest BCUT2D eigenvalue weighted by Gasteiger charge is -2.13. The van der Waals surface area contributed by atoms with Crippen molar-refractivity contribution in [2.45, 2.75) is 6.92 Å². The summed E-state index contributed by atoms with van der Waals surface area (Å²) in [4.78, 5) is 26.7. The molecule has 0 bridgehead atoms. The molecular weight excluding hydrogens is 432 g/mol. The molecule has 0 atom stereocenters. The van der Waals surface area contributed by atoms with Crippen molar-refractivity contribution in [1.82, 2.24) is 4.90 Å². The smallest absolute Gasteiger partial charge is 0.266 e. The Morgan fingerprint density at radius 2 is 1.97 bits per heavy atom. The molecule has 1 fully saturated rings. The molecule has 0 aromatic heterocycles. The van der Waals surface area contributed by atoms with E-state index >= 15 is 0 Å². The molecule has 2 amide bonds. The van der Waals surface area contributed by atoms with Gasteiger partial charge in [-0.2, -0.15) is 0 Å². The molecule has 0 unspecified atom stereocenters. The number of carbonyl (C=O) groups excluding carboxylic acids is 2. The van der Waals surface area contributed by atoms with Crippen LogP contribution in [0.25, 0.3) is 6.08 Å². The third kappa shape index (κ3) is 5.96. The molecule has 1 aliphatic heterocycles. The zero-order valence-electron chi connectivity index (χ0n) is 17.0. The fourth-order valence-electron chi connectivity index (χ4n) is 2.80. The number of ether oxygens (including phenoxy) is 2. The highest BCUT2D eigenvalue weighted by Gasteiger charge is 2.31. The van der Waals surface area contributed by atoms with Gasteiger partial charge in [0.15, 0.2) is 18.1 Å². The van der Waals surface area contributed by atoms with Crippen LogP contribution in [-0.4, -0.2) is 40.8 Å². The molecule has 160 valence electrons. The van der Waals surface area contributed by atoms with E-state index in [0.29, 0.717) is 39.6 Å². The summed E-state index contributed by atoms with van der Waals surface area (Å²) in [6.45, 7) is 6.16. The van der Waals surface area contributed by atoms with Crippen LogP contribution in [0, 0.1) is 0 Å². The first-order valence-electron chi connectivity index (χ1n) is 9.62. The van der Waals surface area contributed by atoms with Gasteiger partial charge in [0.25, 0.3) is 11.8 Å². The van der Waals surface area contributed by atoms with Crippen LogP contribution in [0.4, 0.5) is 5.69 Å². The Labute approximate surface area is 190 Å². The van der Waals surface area contributed by atoms with Gasteiger partial charge in [0.1, 0.15) is 4.32 Å². The monoisotopic (exact) mass is 454 g/mol. The maximum atomic E-state index is 12.5. The molecule has 3 rings (SSSR count). The van der Waals surface area contributed by atoms with Crippen LogP contribution in [0.15, 0.2) is 66.1 Å². The van der Waals surface area contributed by atoms with Crippen molar-refractivity contribution in [2.24, 2.45) is 0 Å². The van der Waals surface area contributed by atoms with Crippen LogP contribution >= 0.6 is 24.0 Å². The molecule has 2 aromatic rings. The molecule has 1 aliphatic rings. The van der Waals surface area contributed by atoms with Crippen molar-refractivity contribution in [3.05, 3.63) is 71.7 Å². The predicted molar refractivity (Wildman–Crippen MR) is 128 cm³/mol. The molecule has 0 aliphatic carbocycles. The van der Waals surface area contributed by atoms with Gasteiger partial charge in [-0.05, 0) is 42.8 Å². The zero-order valence-corrected chi connectivity index (χ0v) is 18.6. The van der Waals surface area contributed by atoms with E-state index in [9.17, 15) is 9.59 Å². The summed E-state index contributed by atoms with van der Waals surface area (Å²) in [5.74, 6) is 0.515. The van der Waals surface area contributed by atoms with E-state index in [1.165, 1.54) is 16.7 Å². The number of benzene rings is 2. The highest BCUT2D eigenvalue weighted by molar-refractivity contribution is 8.26. The van der Waals surface area contributed by atoms with E-state index in [1.54, 1.807) is 42.5 Å². The molecule has 1 N–H and O–H groups in total. The van der Waals surface area contributed by atoms with Crippen molar-refractivity contribution in [3.63, 3.8) is 0 Å². The summed E-state index contributed by atoms with van der Waals surface area (Å²) < 4.78 is 11.8. The second-order valence-corrected chi connectivity index (χ2v) is 8.10. The van der Waals surface area contributed by atoms with Crippen LogP contribution in [0.5, 0.6) is 11.5 Å². The maximum Gasteiger partial charge on any atom is 0.266 e. The summed E-state index contributed by atoms with van der Waals surface area (Å²) in [7, 11) is 0. The van der Waals surface area contributed by atoms with E-state index in [-0.39, 0.29) is 18.4 Å². The Morgan fingerprint density at radius 1 is 1.19 bits per heavy atom. The second kappa shape index (κ2) is 10.8. The van der Waals surface area contributed by atoms with Crippen molar-refractivity contribution < 1.29 is 19.1 Å². The summed E-state index contributed by atoms with van der Waals surface area (Å²) in [5, 5.41) is 2.77. The van der Waals surface area contributed by atoms with Gasteiger partial charge in [-0.3, -0.25) is 14.5 Å². The standard InChI is InChI=1S/C23H22N2O4S2/c1-3-12-25-22(27)20(31-23(25)30)14-16-10-11-18(19(13-16)28-4-2)29-15-21(26)24-17-8-6-5-7-9-17/h3,5-11,13-14H,1,4,12,15H2,2H3,(H,24,26)/b20-14-. The number of hydrogen-bond acceptors (Lipinski definition) is 6. The van der Waals surface area contributed by atoms with Crippen molar-refractivity contribution in [2.75, 3.05) is 25.1 Å². The van der Waals surface area contributed by atoms with E-state index < -0.39 is 0 Å². The number of amides is 2. The van der Waals surface area contributed by atoms with Crippen LogP contribution in [0.1, 0.15) is 12.5 Å². The molecule has 2 aromatic carbocycles. The first kappa shape index (κ1) is 22.6. The quantitative estimate of drug-likeness (QED) is 0.342. The molecule has 6 nitrogen and oxygen atoms in total. The van der Waals surface area contributed by atoms with Crippen LogP contribution in [0.2, 0.25) is 0 Å². The zero-order chi connectivity index (χ0) is 22.2. The van der Waals surface area contributed by atoms with Gasteiger partial charge in [-0.1, -0.05) is 54.3 Å². The Kier molecular flexibility index (Phi) is 7.86. The average molecular weight is 455 g/mol. The molecule has 0 saturated carbocycles. The molecule has 0 spiro atoms. The Hall–Kier alpha value is -3.10. The van der Waals surface area contributed by atoms with E-state index in [1.807, 2.05) is 25.1 Å². The Balaban J connectivity index is 1.71. The Bertz CT molecular complexity index is 1020. The SMILES string of the molecule is C=CCN1C(=O)/C(=C/c2ccc(OCC(=O)Nc3ccccc3)c(OCC)c2)SC1=S. The first-order valence-corrected chi connectivity index (χ1v) is 10.8. The maximum absolute atomic E-state index is 12.5. The normalized spacial score (nSPS) is 14.6. The summed E-state index contributed by atoms with van der Waals surface area (Å²) >= 11 is 6.52. The lowest BCUT2D eigenvalue weighted by Crippen LogP contribution is -2.27. The number of anilines is 1. The number of carbonyl (C=O) groups is 2. The highest BCUT2D eigenvalue weighted by Crippen LogP contribution is 2.34. The fourth-order valence-corrected chi connectivity index (χ4v) is 4.08. The van der Waals surface area contributed by atoms with Crippen LogP contribution in [0.3, 0.4) is 0 Å². The lowest BCUT2D eigenvalue weighted by molar-refractivity contribution is -0.121. The molecule has 1 heterocycles. The minimum atomic E-state index is -0.274. The first-order chi connectivity index (χ1) is 15.0. The molecule has 1 saturated heterocycles. The van der Waals surface area contributed by atoms with Crippen LogP contribution in [-0.2, 0) is 9.59 Å². The number of rotatable bonds is 9. The van der Waals surface area contributed by atoms with Crippen molar-refractivity contribution in [1.29, 1.82) is 0 Å². The third-order valence-corrected chi connectivity index (χ3v) is 5.54. The van der Waals surface area contributed by atoms with Gasteiger partial charge >= 0.3 is 0 Å². The largest absolute Gasteiger partial charge is 0.490 e. The summed E-state index contributed by atoms with van der Waals surface area (Å²) in [6.07, 6.45) is 3.40. The highest BCUT2D eigenvalue weighted by atomic mass is 32.2. The number of thiocarbonyl (C=S) groups is 1. The Morgan fingerprint density at radius 3 is 2.68 bits per heavy atom. The van der Waals surface area contributed by atoms with Gasteiger partial charge in [0.05, 0.1) is 11.5 Å². The van der Waals surface area contributed by atoms with E-state index in [2.05, 4.69) is 11.9 Å². The summed E-state index contributed by atoms with van der Waals surface area (Å²) in [6, 6.07) is 14.4. The molecule has 8 heteroatoms. The van der Waals surface area contributed by atoms with Gasteiger partial charge in [-0.25, -0.2) is 0 Å². The number of thioether (sulfide) groups is 1. The minimum Gasteiger partial charge on any atom is -0.490 e. The average Bonchev–Trinajstić information content (AvgIpc) is 3.02. The molecular formula is C23H22N2O4S2. The number of para-hydroxylation sites is 1. The second-order valence-electron chi connectivity index (χ2n) is 6.42. The fraction of sp³-hybridized carbons (Fsp3) is 0.174. The number of nitrogens with zero attached hydrogens (tertiary/aromatic N) is 1. The minimum absolute atomic E-state index is 0.147. The number of hydrogen-bond donors (Lipinski definition) is 1. The van der Waals surface area contributed by atoms with Gasteiger partial charge in [0.2, 0.25) is 0 Å². The molecule has 0 radical (unpaired) electrons. The van der Waals surface area contributed by atoms with Gasteiger partial charge in [0, 0.05) is 12.2 Å². The van der Waals surface area contributed by atoms with Gasteiger partial charge < -0.3 is 14.8 Å².